The summed E-state index contributed by atoms with van der Waals surface area (Å²) in [6.07, 6.45) is 1.93. The number of hydrogen-bond acceptors (Lipinski definition) is 3. The van der Waals surface area contributed by atoms with Crippen molar-refractivity contribution in [3.8, 4) is 0 Å². The molecule has 5 nitrogen and oxygen atoms in total. The van der Waals surface area contributed by atoms with E-state index in [4.69, 9.17) is 0 Å². The van der Waals surface area contributed by atoms with Crippen molar-refractivity contribution in [1.29, 1.82) is 0 Å². The van der Waals surface area contributed by atoms with Crippen LogP contribution in [0.1, 0.15) is 27.2 Å². The highest BCUT2D eigenvalue weighted by atomic mass is 16.2. The van der Waals surface area contributed by atoms with Crippen molar-refractivity contribution in [2.75, 3.05) is 36.4 Å². The molecule has 2 amide bonds. The Hall–Kier alpha value is -2.30. The van der Waals surface area contributed by atoms with E-state index in [-0.39, 0.29) is 18.2 Å². The van der Waals surface area contributed by atoms with Crippen molar-refractivity contribution in [3.05, 3.63) is 36.9 Å². The first-order valence-corrected chi connectivity index (χ1v) is 8.03. The lowest BCUT2D eigenvalue weighted by atomic mass is 10.2. The standard InChI is InChI=1S/C18H27N3O2/c1-5-13-21(15(4)22)14-12-18(23)19-16-8-10-17(11-9-16)20(6-2)7-3/h5,8-11H,1,6-7,12-14H2,2-4H3,(H,19,23). The fraction of sp³-hybridized carbons (Fsp3) is 0.444. The number of anilines is 2. The maximum atomic E-state index is 12.0. The molecule has 0 aliphatic carbocycles. The molecule has 0 bridgehead atoms. The van der Waals surface area contributed by atoms with Gasteiger partial charge in [0.25, 0.3) is 0 Å². The van der Waals surface area contributed by atoms with E-state index in [0.717, 1.165) is 24.5 Å². The van der Waals surface area contributed by atoms with Crippen LogP contribution in [0.3, 0.4) is 0 Å². The molecule has 1 aromatic rings. The summed E-state index contributed by atoms with van der Waals surface area (Å²) in [5.41, 5.74) is 1.91. The Morgan fingerprint density at radius 2 is 1.78 bits per heavy atom. The highest BCUT2D eigenvalue weighted by Gasteiger charge is 2.10. The minimum Gasteiger partial charge on any atom is -0.372 e. The van der Waals surface area contributed by atoms with Gasteiger partial charge in [-0.15, -0.1) is 6.58 Å². The summed E-state index contributed by atoms with van der Waals surface area (Å²) in [5.74, 6) is -0.155. The zero-order chi connectivity index (χ0) is 17.2. The Morgan fingerprint density at radius 3 is 2.26 bits per heavy atom. The Kier molecular flexibility index (Phi) is 7.88. The van der Waals surface area contributed by atoms with Crippen LogP contribution in [-0.2, 0) is 9.59 Å². The lowest BCUT2D eigenvalue weighted by Gasteiger charge is -2.21. The van der Waals surface area contributed by atoms with Crippen molar-refractivity contribution in [2.24, 2.45) is 0 Å². The van der Waals surface area contributed by atoms with E-state index >= 15 is 0 Å². The maximum Gasteiger partial charge on any atom is 0.226 e. The Morgan fingerprint density at radius 1 is 1.17 bits per heavy atom. The number of amides is 2. The van der Waals surface area contributed by atoms with Crippen molar-refractivity contribution >= 4 is 23.2 Å². The highest BCUT2D eigenvalue weighted by molar-refractivity contribution is 5.91. The van der Waals surface area contributed by atoms with Crippen molar-refractivity contribution in [3.63, 3.8) is 0 Å². The molecule has 0 unspecified atom stereocenters. The Balaban J connectivity index is 2.54. The lowest BCUT2D eigenvalue weighted by molar-refractivity contribution is -0.128. The molecule has 23 heavy (non-hydrogen) atoms. The van der Waals surface area contributed by atoms with Gasteiger partial charge in [0.05, 0.1) is 0 Å². The molecule has 0 heterocycles. The van der Waals surface area contributed by atoms with Gasteiger partial charge < -0.3 is 15.1 Å². The van der Waals surface area contributed by atoms with E-state index in [0.29, 0.717) is 13.1 Å². The van der Waals surface area contributed by atoms with E-state index in [2.05, 4.69) is 30.6 Å². The number of carbonyl (C=O) groups is 2. The van der Waals surface area contributed by atoms with Crippen molar-refractivity contribution in [2.45, 2.75) is 27.2 Å². The third-order valence-electron chi connectivity index (χ3n) is 3.68. The van der Waals surface area contributed by atoms with Gasteiger partial charge in [0.1, 0.15) is 0 Å². The van der Waals surface area contributed by atoms with Crippen LogP contribution in [0, 0.1) is 0 Å². The third kappa shape index (κ3) is 6.14. The van der Waals surface area contributed by atoms with Gasteiger partial charge in [-0.25, -0.2) is 0 Å². The van der Waals surface area contributed by atoms with E-state index in [9.17, 15) is 9.59 Å². The summed E-state index contributed by atoms with van der Waals surface area (Å²) in [4.78, 5) is 27.2. The van der Waals surface area contributed by atoms with Gasteiger partial charge in [-0.2, -0.15) is 0 Å². The molecule has 0 aromatic heterocycles. The largest absolute Gasteiger partial charge is 0.372 e. The van der Waals surface area contributed by atoms with E-state index < -0.39 is 0 Å². The molecule has 1 rings (SSSR count). The molecule has 5 heteroatoms. The molecule has 0 spiro atoms. The van der Waals surface area contributed by atoms with Gasteiger partial charge in [-0.1, -0.05) is 6.08 Å². The molecular formula is C18H27N3O2. The maximum absolute atomic E-state index is 12.0. The van der Waals surface area contributed by atoms with Crippen molar-refractivity contribution in [1.82, 2.24) is 4.90 Å². The number of benzene rings is 1. The summed E-state index contributed by atoms with van der Waals surface area (Å²) in [6, 6.07) is 7.81. The fourth-order valence-corrected chi connectivity index (χ4v) is 2.34. The summed E-state index contributed by atoms with van der Waals surface area (Å²) < 4.78 is 0. The second kappa shape index (κ2) is 9.66. The quantitative estimate of drug-likeness (QED) is 0.713. The van der Waals surface area contributed by atoms with Crippen LogP contribution >= 0.6 is 0 Å². The van der Waals surface area contributed by atoms with Crippen LogP contribution in [0.4, 0.5) is 11.4 Å². The van der Waals surface area contributed by atoms with Gasteiger partial charge in [0.15, 0.2) is 0 Å². The Bertz CT molecular complexity index is 522. The summed E-state index contributed by atoms with van der Waals surface area (Å²) >= 11 is 0. The highest BCUT2D eigenvalue weighted by Crippen LogP contribution is 2.17. The zero-order valence-electron chi connectivity index (χ0n) is 14.3. The van der Waals surface area contributed by atoms with E-state index in [1.807, 2.05) is 24.3 Å². The van der Waals surface area contributed by atoms with Crippen LogP contribution in [0.25, 0.3) is 0 Å². The molecule has 0 saturated heterocycles. The molecule has 1 N–H and O–H groups in total. The number of rotatable bonds is 9. The van der Waals surface area contributed by atoms with Crippen LogP contribution < -0.4 is 10.2 Å². The van der Waals surface area contributed by atoms with Crippen LogP contribution in [0.2, 0.25) is 0 Å². The third-order valence-corrected chi connectivity index (χ3v) is 3.68. The fourth-order valence-electron chi connectivity index (χ4n) is 2.34. The summed E-state index contributed by atoms with van der Waals surface area (Å²) in [6.45, 7) is 12.1. The molecule has 0 aliphatic rings. The molecule has 126 valence electrons. The van der Waals surface area contributed by atoms with Gasteiger partial charge in [-0.05, 0) is 38.1 Å². The SMILES string of the molecule is C=CCN(CCC(=O)Nc1ccc(N(CC)CC)cc1)C(C)=O. The Labute approximate surface area is 139 Å². The minimum absolute atomic E-state index is 0.0544. The van der Waals surface area contributed by atoms with Gasteiger partial charge >= 0.3 is 0 Å². The second-order valence-corrected chi connectivity index (χ2v) is 5.27. The van der Waals surface area contributed by atoms with Crippen LogP contribution in [0.15, 0.2) is 36.9 Å². The first-order valence-electron chi connectivity index (χ1n) is 8.03. The molecule has 0 saturated carbocycles. The molecular weight excluding hydrogens is 290 g/mol. The second-order valence-electron chi connectivity index (χ2n) is 5.27. The smallest absolute Gasteiger partial charge is 0.226 e. The average Bonchev–Trinajstić information content (AvgIpc) is 2.54. The zero-order valence-corrected chi connectivity index (χ0v) is 14.3. The molecule has 0 aliphatic heterocycles. The van der Waals surface area contributed by atoms with Crippen LogP contribution in [-0.4, -0.2) is 42.9 Å². The van der Waals surface area contributed by atoms with Gasteiger partial charge in [-0.3, -0.25) is 9.59 Å². The van der Waals surface area contributed by atoms with E-state index in [1.54, 1.807) is 11.0 Å². The van der Waals surface area contributed by atoms with Crippen molar-refractivity contribution < 1.29 is 9.59 Å². The predicted octanol–water partition coefficient (Wildman–Crippen LogP) is 2.90. The summed E-state index contributed by atoms with van der Waals surface area (Å²) in [5, 5.41) is 2.86. The molecule has 1 aromatic carbocycles. The molecule has 0 atom stereocenters. The number of carbonyl (C=O) groups excluding carboxylic acids is 2. The average molecular weight is 317 g/mol. The molecule has 0 fully saturated rings. The number of hydrogen-bond donors (Lipinski definition) is 1. The van der Waals surface area contributed by atoms with Gasteiger partial charge in [0, 0.05) is 50.9 Å². The first kappa shape index (κ1) is 18.7. The van der Waals surface area contributed by atoms with E-state index in [1.165, 1.54) is 6.92 Å². The molecule has 0 radical (unpaired) electrons. The summed E-state index contributed by atoms with van der Waals surface area (Å²) in [7, 11) is 0. The predicted molar refractivity (Wildman–Crippen MR) is 95.7 cm³/mol. The number of nitrogens with one attached hydrogen (secondary N) is 1. The lowest BCUT2D eigenvalue weighted by Crippen LogP contribution is -2.32. The van der Waals surface area contributed by atoms with Gasteiger partial charge in [0.2, 0.25) is 11.8 Å². The van der Waals surface area contributed by atoms with Crippen LogP contribution in [0.5, 0.6) is 0 Å². The number of nitrogens with zero attached hydrogens (tertiary/aromatic N) is 2. The normalized spacial score (nSPS) is 10.0. The monoisotopic (exact) mass is 317 g/mol. The topological polar surface area (TPSA) is 52.7 Å². The first-order chi connectivity index (χ1) is 11.0. The minimum atomic E-state index is -0.101.